The second-order valence-electron chi connectivity index (χ2n) is 7.85. The highest BCUT2D eigenvalue weighted by Crippen LogP contribution is 2.38. The highest BCUT2D eigenvalue weighted by molar-refractivity contribution is 5.97. The van der Waals surface area contributed by atoms with Crippen LogP contribution in [0.1, 0.15) is 23.2 Å². The van der Waals surface area contributed by atoms with E-state index in [1.54, 1.807) is 0 Å². The van der Waals surface area contributed by atoms with Gasteiger partial charge >= 0.3 is 0 Å². The number of anilines is 1. The van der Waals surface area contributed by atoms with Crippen LogP contribution in [0.2, 0.25) is 0 Å². The van der Waals surface area contributed by atoms with Crippen molar-refractivity contribution in [2.75, 3.05) is 46.3 Å². The molecule has 0 saturated carbocycles. The Bertz CT molecular complexity index is 989. The van der Waals surface area contributed by atoms with Crippen LogP contribution in [0.25, 0.3) is 0 Å². The Balaban J connectivity index is 1.51. The third-order valence-corrected chi connectivity index (χ3v) is 5.53. The minimum absolute atomic E-state index is 0.0602. The minimum atomic E-state index is -0.536. The Morgan fingerprint density at radius 3 is 2.26 bits per heavy atom. The molecule has 10 nitrogen and oxygen atoms in total. The lowest BCUT2D eigenvalue weighted by atomic mass is 9.97. The van der Waals surface area contributed by atoms with Crippen LogP contribution in [0.3, 0.4) is 0 Å². The quantitative estimate of drug-likeness (QED) is 0.504. The summed E-state index contributed by atoms with van der Waals surface area (Å²) >= 11 is 0. The number of nitrogens with one attached hydrogen (secondary N) is 3. The normalized spacial score (nSPS) is 15.7. The molecule has 1 atom stereocenters. The lowest BCUT2D eigenvalue weighted by Gasteiger charge is -2.31. The van der Waals surface area contributed by atoms with Gasteiger partial charge in [-0.25, -0.2) is 0 Å². The maximum Gasteiger partial charge on any atom is 0.269 e. The zero-order chi connectivity index (χ0) is 24.5. The maximum absolute atomic E-state index is 12.6. The molecule has 0 aliphatic carbocycles. The van der Waals surface area contributed by atoms with Crippen molar-refractivity contribution in [2.24, 2.45) is 5.92 Å². The molecular weight excluding hydrogens is 440 g/mol. The lowest BCUT2D eigenvalue weighted by Crippen LogP contribution is -2.49. The van der Waals surface area contributed by atoms with E-state index in [2.05, 4.69) is 16.2 Å². The molecule has 2 aromatic rings. The van der Waals surface area contributed by atoms with Gasteiger partial charge in [0.1, 0.15) is 0 Å². The largest absolute Gasteiger partial charge is 0.493 e. The zero-order valence-electron chi connectivity index (χ0n) is 19.6. The molecule has 34 heavy (non-hydrogen) atoms. The first kappa shape index (κ1) is 24.8. The Kier molecular flexibility index (Phi) is 8.69. The molecule has 182 valence electrons. The molecule has 0 bridgehead atoms. The summed E-state index contributed by atoms with van der Waals surface area (Å²) in [5.41, 5.74) is 5.80. The van der Waals surface area contributed by atoms with Crippen LogP contribution >= 0.6 is 0 Å². The summed E-state index contributed by atoms with van der Waals surface area (Å²) in [4.78, 5) is 39.5. The molecule has 3 amide bonds. The Morgan fingerprint density at radius 2 is 1.65 bits per heavy atom. The molecule has 1 unspecified atom stereocenters. The van der Waals surface area contributed by atoms with Gasteiger partial charge in [-0.2, -0.15) is 0 Å². The first-order chi connectivity index (χ1) is 16.4. The number of nitrogens with zero attached hydrogens (tertiary/aromatic N) is 1. The van der Waals surface area contributed by atoms with Crippen LogP contribution in [-0.2, 0) is 9.59 Å². The topological polar surface area (TPSA) is 118 Å². The van der Waals surface area contributed by atoms with E-state index >= 15 is 0 Å². The van der Waals surface area contributed by atoms with Crippen molar-refractivity contribution < 1.29 is 28.6 Å². The van der Waals surface area contributed by atoms with E-state index in [9.17, 15) is 14.4 Å². The number of piperidine rings is 1. The van der Waals surface area contributed by atoms with Gasteiger partial charge in [-0.15, -0.1) is 0 Å². The molecule has 0 spiro atoms. The van der Waals surface area contributed by atoms with Crippen LogP contribution < -0.4 is 30.4 Å². The van der Waals surface area contributed by atoms with Gasteiger partial charge in [0.05, 0.1) is 33.8 Å². The first-order valence-corrected chi connectivity index (χ1v) is 10.9. The number of hydrogen-bond donors (Lipinski definition) is 3. The smallest absolute Gasteiger partial charge is 0.269 e. The van der Waals surface area contributed by atoms with E-state index < -0.39 is 5.91 Å². The van der Waals surface area contributed by atoms with E-state index in [-0.39, 0.29) is 29.8 Å². The fourth-order valence-corrected chi connectivity index (χ4v) is 3.83. The third kappa shape index (κ3) is 6.38. The van der Waals surface area contributed by atoms with Gasteiger partial charge in [0.2, 0.25) is 11.7 Å². The summed E-state index contributed by atoms with van der Waals surface area (Å²) in [6.45, 7) is 1.22. The number of benzene rings is 2. The van der Waals surface area contributed by atoms with Crippen molar-refractivity contribution in [3.05, 3.63) is 48.0 Å². The molecule has 3 rings (SSSR count). The number of likely N-dealkylation sites (tertiary alicyclic amines) is 1. The molecule has 0 radical (unpaired) electrons. The number of amides is 3. The molecule has 1 heterocycles. The molecule has 2 aromatic carbocycles. The minimum Gasteiger partial charge on any atom is -0.493 e. The number of ether oxygens (including phenoxy) is 3. The van der Waals surface area contributed by atoms with Crippen molar-refractivity contribution in [3.63, 3.8) is 0 Å². The highest BCUT2D eigenvalue weighted by atomic mass is 16.5. The van der Waals surface area contributed by atoms with Crippen LogP contribution in [0, 0.1) is 5.92 Å². The molecule has 1 fully saturated rings. The molecule has 10 heteroatoms. The van der Waals surface area contributed by atoms with Crippen molar-refractivity contribution in [2.45, 2.75) is 12.8 Å². The second-order valence-corrected chi connectivity index (χ2v) is 7.85. The second kappa shape index (κ2) is 11.9. The molecule has 3 N–H and O–H groups in total. The maximum atomic E-state index is 12.6. The molecular formula is C24H30N4O6. The van der Waals surface area contributed by atoms with Crippen molar-refractivity contribution in [3.8, 4) is 17.2 Å². The average Bonchev–Trinajstić information content (AvgIpc) is 2.87. The van der Waals surface area contributed by atoms with Gasteiger partial charge in [-0.05, 0) is 43.7 Å². The molecule has 1 aliphatic heterocycles. The fraction of sp³-hybridized carbons (Fsp3) is 0.375. The van der Waals surface area contributed by atoms with Crippen molar-refractivity contribution in [1.82, 2.24) is 15.8 Å². The number of para-hydroxylation sites is 1. The average molecular weight is 471 g/mol. The summed E-state index contributed by atoms with van der Waals surface area (Å²) in [6, 6.07) is 12.3. The summed E-state index contributed by atoms with van der Waals surface area (Å²) in [6.07, 6.45) is 1.56. The first-order valence-electron chi connectivity index (χ1n) is 10.9. The van der Waals surface area contributed by atoms with Crippen LogP contribution in [-0.4, -0.2) is 63.6 Å². The Hall–Kier alpha value is -3.79. The van der Waals surface area contributed by atoms with E-state index in [4.69, 9.17) is 14.2 Å². The van der Waals surface area contributed by atoms with Crippen molar-refractivity contribution >= 4 is 23.4 Å². The molecule has 0 aromatic heterocycles. The SMILES string of the molecule is COc1cc(C(=O)NNC(=O)CN2CCCC(C(=O)Nc3ccccc3)C2)cc(OC)c1OC. The van der Waals surface area contributed by atoms with Gasteiger partial charge in [-0.1, -0.05) is 18.2 Å². The van der Waals surface area contributed by atoms with Crippen LogP contribution in [0.15, 0.2) is 42.5 Å². The van der Waals surface area contributed by atoms with Gasteiger partial charge in [0.25, 0.3) is 11.8 Å². The Morgan fingerprint density at radius 1 is 0.971 bits per heavy atom. The van der Waals surface area contributed by atoms with Crippen LogP contribution in [0.5, 0.6) is 17.2 Å². The molecule has 1 aliphatic rings. The number of carbonyl (C=O) groups excluding carboxylic acids is 3. The standard InChI is InChI=1S/C24H30N4O6/c1-32-19-12-17(13-20(33-2)22(19)34-3)24(31)27-26-21(29)15-28-11-7-8-16(14-28)23(30)25-18-9-5-4-6-10-18/h4-6,9-10,12-13,16H,7-8,11,14-15H2,1-3H3,(H,25,30)(H,26,29)(H,27,31). The van der Waals surface area contributed by atoms with E-state index in [1.165, 1.54) is 33.5 Å². The Labute approximate surface area is 198 Å². The number of rotatable bonds is 8. The number of carbonyl (C=O) groups is 3. The monoisotopic (exact) mass is 470 g/mol. The van der Waals surface area contributed by atoms with Gasteiger partial charge in [-0.3, -0.25) is 30.1 Å². The van der Waals surface area contributed by atoms with Crippen molar-refractivity contribution in [1.29, 1.82) is 0 Å². The fourth-order valence-electron chi connectivity index (χ4n) is 3.83. The summed E-state index contributed by atoms with van der Waals surface area (Å²) < 4.78 is 15.8. The summed E-state index contributed by atoms with van der Waals surface area (Å²) in [5, 5.41) is 2.92. The van der Waals surface area contributed by atoms with Gasteiger partial charge < -0.3 is 19.5 Å². The summed E-state index contributed by atoms with van der Waals surface area (Å²) in [5.74, 6) is -0.182. The van der Waals surface area contributed by atoms with Gasteiger partial charge in [0, 0.05) is 17.8 Å². The van der Waals surface area contributed by atoms with E-state index in [1.807, 2.05) is 35.2 Å². The van der Waals surface area contributed by atoms with E-state index in [0.717, 1.165) is 18.5 Å². The summed E-state index contributed by atoms with van der Waals surface area (Å²) in [7, 11) is 4.37. The predicted molar refractivity (Wildman–Crippen MR) is 126 cm³/mol. The van der Waals surface area contributed by atoms with Crippen LogP contribution in [0.4, 0.5) is 5.69 Å². The number of hydrogen-bond acceptors (Lipinski definition) is 7. The lowest BCUT2D eigenvalue weighted by molar-refractivity contribution is -0.126. The molecule has 1 saturated heterocycles. The number of methoxy groups -OCH3 is 3. The highest BCUT2D eigenvalue weighted by Gasteiger charge is 2.27. The zero-order valence-corrected chi connectivity index (χ0v) is 19.6. The predicted octanol–water partition coefficient (Wildman–Crippen LogP) is 1.82. The van der Waals surface area contributed by atoms with E-state index in [0.29, 0.717) is 30.3 Å². The van der Waals surface area contributed by atoms with Gasteiger partial charge in [0.15, 0.2) is 11.5 Å². The number of hydrazine groups is 1. The third-order valence-electron chi connectivity index (χ3n) is 5.53.